The van der Waals surface area contributed by atoms with Crippen LogP contribution >= 0.6 is 11.3 Å². The fraction of sp³-hybridized carbons (Fsp3) is 0.129. The SMILES string of the molecule is C#CCOc1ccc(/C=c2\sc3n(c2=O)[C@H](c2ccc(F)cc2)C(C(=O)OCC)=C(c2ccccc2)N=3)cc1. The second-order valence-electron chi connectivity index (χ2n) is 8.54. The zero-order valence-corrected chi connectivity index (χ0v) is 21.8. The molecule has 0 spiro atoms. The van der Waals surface area contributed by atoms with Gasteiger partial charge in [0.2, 0.25) is 0 Å². The summed E-state index contributed by atoms with van der Waals surface area (Å²) >= 11 is 1.21. The average molecular weight is 539 g/mol. The van der Waals surface area contributed by atoms with Gasteiger partial charge in [-0.1, -0.05) is 71.9 Å². The van der Waals surface area contributed by atoms with E-state index >= 15 is 0 Å². The van der Waals surface area contributed by atoms with Gasteiger partial charge in [-0.3, -0.25) is 9.36 Å². The van der Waals surface area contributed by atoms with Gasteiger partial charge >= 0.3 is 5.97 Å². The van der Waals surface area contributed by atoms with E-state index in [9.17, 15) is 14.0 Å². The highest BCUT2D eigenvalue weighted by atomic mass is 32.1. The van der Waals surface area contributed by atoms with E-state index in [2.05, 4.69) is 5.92 Å². The molecular formula is C31H23FN2O4S. The van der Waals surface area contributed by atoms with Crippen LogP contribution in [0.3, 0.4) is 0 Å². The van der Waals surface area contributed by atoms with Crippen molar-refractivity contribution in [2.75, 3.05) is 13.2 Å². The van der Waals surface area contributed by atoms with Gasteiger partial charge in [0.1, 0.15) is 18.2 Å². The lowest BCUT2D eigenvalue weighted by molar-refractivity contribution is -0.138. The Hall–Kier alpha value is -4.74. The van der Waals surface area contributed by atoms with Crippen LogP contribution in [0.15, 0.2) is 94.2 Å². The number of halogens is 1. The lowest BCUT2D eigenvalue weighted by Crippen LogP contribution is -2.40. The molecule has 1 aliphatic heterocycles. The van der Waals surface area contributed by atoms with Crippen molar-refractivity contribution >= 4 is 29.1 Å². The van der Waals surface area contributed by atoms with Crippen molar-refractivity contribution in [2.24, 2.45) is 4.99 Å². The maximum Gasteiger partial charge on any atom is 0.338 e. The fourth-order valence-electron chi connectivity index (χ4n) is 4.34. The highest BCUT2D eigenvalue weighted by Gasteiger charge is 2.35. The maximum atomic E-state index is 13.9. The van der Waals surface area contributed by atoms with Crippen LogP contribution in [0.5, 0.6) is 5.75 Å². The molecule has 8 heteroatoms. The van der Waals surface area contributed by atoms with Gasteiger partial charge in [0.05, 0.1) is 28.5 Å². The number of carbonyl (C=O) groups is 1. The lowest BCUT2D eigenvalue weighted by atomic mass is 9.93. The molecule has 1 aromatic heterocycles. The monoisotopic (exact) mass is 538 g/mol. The molecule has 0 unspecified atom stereocenters. The minimum Gasteiger partial charge on any atom is -0.481 e. The fourth-order valence-corrected chi connectivity index (χ4v) is 5.34. The Morgan fingerprint density at radius 3 is 2.49 bits per heavy atom. The summed E-state index contributed by atoms with van der Waals surface area (Å²) in [7, 11) is 0. The first-order valence-corrected chi connectivity index (χ1v) is 13.0. The summed E-state index contributed by atoms with van der Waals surface area (Å²) in [4.78, 5) is 32.4. The number of nitrogens with zero attached hydrogens (tertiary/aromatic N) is 2. The first-order chi connectivity index (χ1) is 19.0. The zero-order valence-electron chi connectivity index (χ0n) is 21.0. The number of terminal acetylenes is 1. The van der Waals surface area contributed by atoms with E-state index in [0.717, 1.165) is 5.56 Å². The minimum absolute atomic E-state index is 0.145. The van der Waals surface area contributed by atoms with E-state index in [4.69, 9.17) is 20.9 Å². The Balaban J connectivity index is 1.73. The molecule has 194 valence electrons. The molecule has 0 aliphatic carbocycles. The van der Waals surface area contributed by atoms with E-state index < -0.39 is 17.8 Å². The van der Waals surface area contributed by atoms with Crippen LogP contribution in [0.1, 0.15) is 29.7 Å². The molecule has 0 fully saturated rings. The third-order valence-electron chi connectivity index (χ3n) is 6.06. The molecule has 0 saturated carbocycles. The number of carbonyl (C=O) groups excluding carboxylic acids is 1. The number of fused-ring (bicyclic) bond motifs is 1. The average Bonchev–Trinajstić information content (AvgIpc) is 3.27. The van der Waals surface area contributed by atoms with Crippen LogP contribution in [0.25, 0.3) is 11.8 Å². The van der Waals surface area contributed by atoms with Gasteiger partial charge in [0, 0.05) is 5.56 Å². The topological polar surface area (TPSA) is 69.9 Å². The van der Waals surface area contributed by atoms with Crippen LogP contribution < -0.4 is 19.6 Å². The minimum atomic E-state index is -0.863. The Kier molecular flexibility index (Phi) is 7.53. The highest BCUT2D eigenvalue weighted by molar-refractivity contribution is 7.07. The largest absolute Gasteiger partial charge is 0.481 e. The summed E-state index contributed by atoms with van der Waals surface area (Å²) in [5.41, 5.74) is 2.34. The van der Waals surface area contributed by atoms with Crippen molar-refractivity contribution in [3.05, 3.63) is 127 Å². The summed E-state index contributed by atoms with van der Waals surface area (Å²) in [5, 5.41) is 0. The van der Waals surface area contributed by atoms with Crippen molar-refractivity contribution < 1.29 is 18.7 Å². The molecule has 1 aliphatic rings. The van der Waals surface area contributed by atoms with Gasteiger partial charge < -0.3 is 9.47 Å². The zero-order chi connectivity index (χ0) is 27.4. The highest BCUT2D eigenvalue weighted by Crippen LogP contribution is 2.35. The Morgan fingerprint density at radius 1 is 1.10 bits per heavy atom. The quantitative estimate of drug-likeness (QED) is 0.263. The third kappa shape index (κ3) is 5.31. The number of esters is 1. The summed E-state index contributed by atoms with van der Waals surface area (Å²) in [5.74, 6) is 2.02. The molecule has 0 saturated heterocycles. The van der Waals surface area contributed by atoms with Gasteiger partial charge in [-0.05, 0) is 48.4 Å². The van der Waals surface area contributed by atoms with Crippen molar-refractivity contribution in [3.8, 4) is 18.1 Å². The van der Waals surface area contributed by atoms with E-state index in [0.29, 0.717) is 31.9 Å². The van der Waals surface area contributed by atoms with Crippen LogP contribution in [0.2, 0.25) is 0 Å². The second kappa shape index (κ2) is 11.3. The van der Waals surface area contributed by atoms with Gasteiger partial charge in [-0.2, -0.15) is 0 Å². The standard InChI is InChI=1S/C31H23FN2O4S/c1-3-18-38-24-16-10-20(11-17-24)19-25-29(35)34-28(22-12-14-23(32)15-13-22)26(30(36)37-4-2)27(33-31(34)39-25)21-8-6-5-7-9-21/h1,5-17,19,28H,4,18H2,2H3/b25-19-/t28-/m1/s1. The number of benzene rings is 3. The van der Waals surface area contributed by atoms with Gasteiger partial charge in [-0.25, -0.2) is 14.2 Å². The molecular weight excluding hydrogens is 515 g/mol. The van der Waals surface area contributed by atoms with Gasteiger partial charge in [0.15, 0.2) is 4.80 Å². The smallest absolute Gasteiger partial charge is 0.338 e. The molecule has 0 N–H and O–H groups in total. The Morgan fingerprint density at radius 2 is 1.82 bits per heavy atom. The number of hydrogen-bond donors (Lipinski definition) is 0. The lowest BCUT2D eigenvalue weighted by Gasteiger charge is -2.25. The Labute approximate surface area is 228 Å². The first kappa shape index (κ1) is 25.9. The van der Waals surface area contributed by atoms with Crippen molar-refractivity contribution in [2.45, 2.75) is 13.0 Å². The predicted molar refractivity (Wildman–Crippen MR) is 148 cm³/mol. The number of rotatable bonds is 7. The van der Waals surface area contributed by atoms with Crippen LogP contribution in [0, 0.1) is 18.2 Å². The molecule has 2 heterocycles. The molecule has 4 aromatic rings. The van der Waals surface area contributed by atoms with Gasteiger partial charge in [-0.15, -0.1) is 6.42 Å². The predicted octanol–water partition coefficient (Wildman–Crippen LogP) is 4.09. The van der Waals surface area contributed by atoms with E-state index in [-0.39, 0.29) is 24.3 Å². The van der Waals surface area contributed by atoms with Crippen molar-refractivity contribution in [3.63, 3.8) is 0 Å². The van der Waals surface area contributed by atoms with Crippen molar-refractivity contribution in [1.29, 1.82) is 0 Å². The van der Waals surface area contributed by atoms with Gasteiger partial charge in [0.25, 0.3) is 5.56 Å². The second-order valence-corrected chi connectivity index (χ2v) is 9.55. The molecule has 0 radical (unpaired) electrons. The normalized spacial score (nSPS) is 14.8. The maximum absolute atomic E-state index is 13.9. The molecule has 1 atom stereocenters. The van der Waals surface area contributed by atoms with E-state index in [1.165, 1.54) is 28.0 Å². The van der Waals surface area contributed by atoms with E-state index in [1.807, 2.05) is 42.5 Å². The van der Waals surface area contributed by atoms with Crippen LogP contribution in [0.4, 0.5) is 4.39 Å². The molecule has 5 rings (SSSR count). The molecule has 6 nitrogen and oxygen atoms in total. The summed E-state index contributed by atoms with van der Waals surface area (Å²) in [6, 6.07) is 21.3. The van der Waals surface area contributed by atoms with Crippen LogP contribution in [-0.2, 0) is 9.53 Å². The molecule has 0 amide bonds. The third-order valence-corrected chi connectivity index (χ3v) is 7.04. The number of hydrogen-bond acceptors (Lipinski definition) is 6. The first-order valence-electron chi connectivity index (χ1n) is 12.2. The Bertz CT molecular complexity index is 1760. The summed E-state index contributed by atoms with van der Waals surface area (Å²) < 4.78 is 26.6. The molecule has 3 aromatic carbocycles. The van der Waals surface area contributed by atoms with E-state index in [1.54, 1.807) is 37.3 Å². The van der Waals surface area contributed by atoms with Crippen molar-refractivity contribution in [1.82, 2.24) is 4.57 Å². The summed E-state index contributed by atoms with van der Waals surface area (Å²) in [6.07, 6.45) is 7.01. The molecule has 0 bridgehead atoms. The molecule has 39 heavy (non-hydrogen) atoms. The summed E-state index contributed by atoms with van der Waals surface area (Å²) in [6.45, 7) is 2.02. The number of ether oxygens (including phenoxy) is 2. The number of thiazole rings is 1. The number of aromatic nitrogens is 1. The van der Waals surface area contributed by atoms with Crippen LogP contribution in [-0.4, -0.2) is 23.8 Å².